The van der Waals surface area contributed by atoms with Crippen molar-refractivity contribution in [3.05, 3.63) is 0 Å². The number of carbonyl (C=O) groups is 1. The van der Waals surface area contributed by atoms with Crippen LogP contribution in [0.2, 0.25) is 0 Å². The van der Waals surface area contributed by atoms with E-state index in [1.165, 1.54) is 11.4 Å². The smallest absolute Gasteiger partial charge is 0.322 e. The molecule has 8 heteroatoms. The van der Waals surface area contributed by atoms with E-state index < -0.39 is 22.2 Å². The molecule has 0 spiro atoms. The number of rotatable bonds is 5. The molecular weight excluding hydrogens is 296 g/mol. The molecule has 0 amide bonds. The molecule has 2 aliphatic heterocycles. The zero-order valence-electron chi connectivity index (χ0n) is 12.4. The van der Waals surface area contributed by atoms with Crippen LogP contribution >= 0.6 is 0 Å². The third-order valence-corrected chi connectivity index (χ3v) is 6.25. The highest BCUT2D eigenvalue weighted by Crippen LogP contribution is 2.24. The van der Waals surface area contributed by atoms with E-state index in [0.717, 1.165) is 23.6 Å². The second kappa shape index (κ2) is 7.04. The zero-order valence-corrected chi connectivity index (χ0v) is 13.2. The summed E-state index contributed by atoms with van der Waals surface area (Å²) in [6.45, 7) is 2.05. The molecule has 7 nitrogen and oxygen atoms in total. The number of hydrogen-bond acceptors (Lipinski definition) is 4. The molecule has 1 N–H and O–H groups in total. The van der Waals surface area contributed by atoms with Crippen LogP contribution in [0.5, 0.6) is 0 Å². The van der Waals surface area contributed by atoms with Crippen LogP contribution in [0.1, 0.15) is 32.1 Å². The molecule has 2 saturated heterocycles. The number of piperidine rings is 1. The van der Waals surface area contributed by atoms with Gasteiger partial charge in [0.15, 0.2) is 0 Å². The van der Waals surface area contributed by atoms with E-state index in [9.17, 15) is 18.3 Å². The average molecular weight is 320 g/mol. The molecule has 21 heavy (non-hydrogen) atoms. The van der Waals surface area contributed by atoms with Crippen LogP contribution in [-0.4, -0.2) is 67.5 Å². The lowest BCUT2D eigenvalue weighted by atomic mass is 10.0. The van der Waals surface area contributed by atoms with Crippen LogP contribution in [0.15, 0.2) is 0 Å². The van der Waals surface area contributed by atoms with Crippen molar-refractivity contribution in [2.24, 2.45) is 5.92 Å². The Kier molecular flexibility index (Phi) is 5.59. The second-order valence-electron chi connectivity index (χ2n) is 5.80. The van der Waals surface area contributed by atoms with Gasteiger partial charge < -0.3 is 9.84 Å². The predicted molar refractivity (Wildman–Crippen MR) is 77.1 cm³/mol. The highest BCUT2D eigenvalue weighted by Gasteiger charge is 2.39. The summed E-state index contributed by atoms with van der Waals surface area (Å²) in [6.07, 6.45) is 3.56. The molecule has 2 heterocycles. The molecule has 0 bridgehead atoms. The summed E-state index contributed by atoms with van der Waals surface area (Å²) in [4.78, 5) is 11.3. The predicted octanol–water partition coefficient (Wildman–Crippen LogP) is 0.529. The lowest BCUT2D eigenvalue weighted by Crippen LogP contribution is -2.53. The van der Waals surface area contributed by atoms with Crippen molar-refractivity contribution < 1.29 is 23.1 Å². The summed E-state index contributed by atoms with van der Waals surface area (Å²) >= 11 is 0. The van der Waals surface area contributed by atoms with Crippen molar-refractivity contribution in [3.63, 3.8) is 0 Å². The van der Waals surface area contributed by atoms with E-state index in [1.54, 1.807) is 0 Å². The van der Waals surface area contributed by atoms with Gasteiger partial charge in [-0.3, -0.25) is 4.79 Å². The summed E-state index contributed by atoms with van der Waals surface area (Å²) in [6, 6.07) is -0.930. The summed E-state index contributed by atoms with van der Waals surface area (Å²) in [5.41, 5.74) is 0. The molecule has 2 fully saturated rings. The van der Waals surface area contributed by atoms with Crippen molar-refractivity contribution in [2.45, 2.75) is 38.1 Å². The fraction of sp³-hybridized carbons (Fsp3) is 0.923. The Morgan fingerprint density at radius 3 is 2.57 bits per heavy atom. The molecule has 0 saturated carbocycles. The molecule has 122 valence electrons. The minimum absolute atomic E-state index is 0.284. The molecule has 0 aromatic carbocycles. The molecular formula is C13H24N2O5S. The Morgan fingerprint density at radius 1 is 1.29 bits per heavy atom. The lowest BCUT2D eigenvalue weighted by molar-refractivity contribution is -0.142. The number of aliphatic carboxylic acids is 1. The van der Waals surface area contributed by atoms with Gasteiger partial charge >= 0.3 is 5.97 Å². The van der Waals surface area contributed by atoms with Crippen LogP contribution in [-0.2, 0) is 19.7 Å². The Bertz CT molecular complexity index is 461. The average Bonchev–Trinajstić information content (AvgIpc) is 2.48. The Hall–Kier alpha value is -0.700. The number of ether oxygens (including phenoxy) is 1. The third kappa shape index (κ3) is 3.94. The van der Waals surface area contributed by atoms with Crippen LogP contribution in [0.25, 0.3) is 0 Å². The van der Waals surface area contributed by atoms with E-state index in [4.69, 9.17) is 4.74 Å². The molecule has 1 unspecified atom stereocenters. The number of carboxylic acid groups (broad SMARTS) is 1. The van der Waals surface area contributed by atoms with Crippen molar-refractivity contribution in [2.75, 3.05) is 33.4 Å². The van der Waals surface area contributed by atoms with Crippen molar-refractivity contribution >= 4 is 16.2 Å². The number of nitrogens with zero attached hydrogens (tertiary/aromatic N) is 2. The molecule has 0 radical (unpaired) electrons. The minimum Gasteiger partial charge on any atom is -0.480 e. The molecule has 0 aliphatic carbocycles. The van der Waals surface area contributed by atoms with Gasteiger partial charge in [-0.25, -0.2) is 0 Å². The number of carboxylic acids is 1. The maximum Gasteiger partial charge on any atom is 0.322 e. The fourth-order valence-electron chi connectivity index (χ4n) is 2.99. The number of hydrogen-bond donors (Lipinski definition) is 1. The highest BCUT2D eigenvalue weighted by molar-refractivity contribution is 7.86. The Labute approximate surface area is 126 Å². The molecule has 2 rings (SSSR count). The van der Waals surface area contributed by atoms with Crippen LogP contribution in [0.4, 0.5) is 0 Å². The van der Waals surface area contributed by atoms with E-state index >= 15 is 0 Å². The van der Waals surface area contributed by atoms with Crippen LogP contribution in [0, 0.1) is 5.92 Å². The van der Waals surface area contributed by atoms with E-state index in [-0.39, 0.29) is 12.5 Å². The van der Waals surface area contributed by atoms with Crippen molar-refractivity contribution in [3.8, 4) is 0 Å². The van der Waals surface area contributed by atoms with Gasteiger partial charge in [-0.2, -0.15) is 17.0 Å². The maximum absolute atomic E-state index is 12.6. The van der Waals surface area contributed by atoms with Gasteiger partial charge in [0.2, 0.25) is 0 Å². The van der Waals surface area contributed by atoms with E-state index in [1.807, 2.05) is 0 Å². The first kappa shape index (κ1) is 16.7. The molecule has 2 aliphatic rings. The van der Waals surface area contributed by atoms with Gasteiger partial charge in [0.25, 0.3) is 10.2 Å². The SMILES string of the molecule is CN(CC1CCOCC1)S(=O)(=O)N1CCCCC1C(=O)O. The third-order valence-electron chi connectivity index (χ3n) is 4.29. The first-order valence-electron chi connectivity index (χ1n) is 7.46. The summed E-state index contributed by atoms with van der Waals surface area (Å²) in [7, 11) is -2.17. The topological polar surface area (TPSA) is 87.2 Å². The normalized spacial score (nSPS) is 26.1. The molecule has 0 aromatic rings. The Balaban J connectivity index is 2.05. The zero-order chi connectivity index (χ0) is 15.5. The Morgan fingerprint density at radius 2 is 1.95 bits per heavy atom. The largest absolute Gasteiger partial charge is 0.480 e. The second-order valence-corrected chi connectivity index (χ2v) is 7.79. The van der Waals surface area contributed by atoms with Gasteiger partial charge in [-0.15, -0.1) is 0 Å². The molecule has 0 aromatic heterocycles. The van der Waals surface area contributed by atoms with Crippen molar-refractivity contribution in [1.29, 1.82) is 0 Å². The first-order chi connectivity index (χ1) is 9.93. The first-order valence-corrected chi connectivity index (χ1v) is 8.86. The maximum atomic E-state index is 12.6. The molecule has 1 atom stereocenters. The lowest BCUT2D eigenvalue weighted by Gasteiger charge is -2.36. The van der Waals surface area contributed by atoms with Gasteiger partial charge in [-0.05, 0) is 38.0 Å². The van der Waals surface area contributed by atoms with E-state index in [2.05, 4.69) is 0 Å². The van der Waals surface area contributed by atoms with Crippen LogP contribution < -0.4 is 0 Å². The monoisotopic (exact) mass is 320 g/mol. The van der Waals surface area contributed by atoms with Crippen molar-refractivity contribution in [1.82, 2.24) is 8.61 Å². The highest BCUT2D eigenvalue weighted by atomic mass is 32.2. The van der Waals surface area contributed by atoms with Crippen LogP contribution in [0.3, 0.4) is 0 Å². The van der Waals surface area contributed by atoms with Gasteiger partial charge in [0.1, 0.15) is 6.04 Å². The summed E-state index contributed by atoms with van der Waals surface area (Å²) in [5.74, 6) is -0.774. The quantitative estimate of drug-likeness (QED) is 0.798. The summed E-state index contributed by atoms with van der Waals surface area (Å²) < 4.78 is 33.0. The minimum atomic E-state index is -3.71. The summed E-state index contributed by atoms with van der Waals surface area (Å²) in [5, 5.41) is 9.23. The fourth-order valence-corrected chi connectivity index (χ4v) is 4.63. The van der Waals surface area contributed by atoms with Gasteiger partial charge in [-0.1, -0.05) is 0 Å². The van der Waals surface area contributed by atoms with Gasteiger partial charge in [0.05, 0.1) is 0 Å². The standard InChI is InChI=1S/C13H24N2O5S/c1-14(10-11-5-8-20-9-6-11)21(18,19)15-7-3-2-4-12(15)13(16)17/h11-12H,2-10H2,1H3,(H,16,17). The van der Waals surface area contributed by atoms with E-state index in [0.29, 0.717) is 32.6 Å². The van der Waals surface area contributed by atoms with Gasteiger partial charge in [0, 0.05) is 33.4 Å².